The lowest BCUT2D eigenvalue weighted by molar-refractivity contribution is 0.334. The molecule has 0 N–H and O–H groups in total. The first-order valence-electron chi connectivity index (χ1n) is 11.0. The van der Waals surface area contributed by atoms with Gasteiger partial charge in [0.1, 0.15) is 0 Å². The fourth-order valence-corrected chi connectivity index (χ4v) is 5.74. The van der Waals surface area contributed by atoms with E-state index < -0.39 is 0 Å². The second-order valence-electron chi connectivity index (χ2n) is 11.3. The van der Waals surface area contributed by atoms with Crippen LogP contribution in [0.15, 0.2) is 48.5 Å². The van der Waals surface area contributed by atoms with Gasteiger partial charge in [0.25, 0.3) is 0 Å². The predicted octanol–water partition coefficient (Wildman–Crippen LogP) is 8.05. The summed E-state index contributed by atoms with van der Waals surface area (Å²) in [5, 5.41) is 5.64. The average molecular weight is 384 g/mol. The van der Waals surface area contributed by atoms with E-state index in [1.54, 1.807) is 11.1 Å². The molecule has 0 bridgehead atoms. The Morgan fingerprint density at radius 3 is 2.07 bits per heavy atom. The maximum Gasteiger partial charge on any atom is 0.0502 e. The molecule has 150 valence electrons. The number of aromatic nitrogens is 1. The fraction of sp³-hybridized carbons (Fsp3) is 0.429. The monoisotopic (exact) mass is 383 g/mol. The molecule has 0 radical (unpaired) electrons. The molecule has 0 spiro atoms. The van der Waals surface area contributed by atoms with Gasteiger partial charge >= 0.3 is 0 Å². The van der Waals surface area contributed by atoms with Gasteiger partial charge in [-0.15, -0.1) is 0 Å². The third-order valence-corrected chi connectivity index (χ3v) is 7.27. The van der Waals surface area contributed by atoms with Crippen molar-refractivity contribution >= 4 is 32.6 Å². The Bertz CT molecular complexity index is 1270. The van der Waals surface area contributed by atoms with Crippen molar-refractivity contribution in [1.82, 2.24) is 4.57 Å². The van der Waals surface area contributed by atoms with Crippen LogP contribution in [0, 0.1) is 0 Å². The lowest BCUT2D eigenvalue weighted by Crippen LogP contribution is -2.34. The summed E-state index contributed by atoms with van der Waals surface area (Å²) < 4.78 is 2.57. The van der Waals surface area contributed by atoms with E-state index in [0.717, 1.165) is 0 Å². The molecule has 29 heavy (non-hydrogen) atoms. The summed E-state index contributed by atoms with van der Waals surface area (Å²) in [6.07, 6.45) is 2.48. The summed E-state index contributed by atoms with van der Waals surface area (Å²) >= 11 is 0. The highest BCUT2D eigenvalue weighted by atomic mass is 15.0. The van der Waals surface area contributed by atoms with Crippen LogP contribution in [0.3, 0.4) is 0 Å². The maximum atomic E-state index is 2.57. The molecule has 0 aliphatic heterocycles. The van der Waals surface area contributed by atoms with Gasteiger partial charge in [-0.3, -0.25) is 0 Å². The van der Waals surface area contributed by atoms with Crippen LogP contribution >= 0.6 is 0 Å². The van der Waals surface area contributed by atoms with E-state index in [2.05, 4.69) is 102 Å². The molecule has 1 aliphatic rings. The number of hydrogen-bond donors (Lipinski definition) is 0. The number of rotatable bonds is 0. The number of benzene rings is 3. The maximum absolute atomic E-state index is 2.57. The topological polar surface area (TPSA) is 4.93 Å². The molecule has 1 aliphatic carbocycles. The molecular weight excluding hydrogens is 350 g/mol. The zero-order valence-electron chi connectivity index (χ0n) is 19.0. The van der Waals surface area contributed by atoms with Crippen molar-refractivity contribution in [1.29, 1.82) is 0 Å². The molecule has 0 unspecified atom stereocenters. The van der Waals surface area contributed by atoms with Crippen molar-refractivity contribution in [2.75, 3.05) is 0 Å². The average Bonchev–Trinajstić information content (AvgIpc) is 3.00. The van der Waals surface area contributed by atoms with Gasteiger partial charge in [-0.25, -0.2) is 0 Å². The molecule has 1 heteroatoms. The van der Waals surface area contributed by atoms with Crippen LogP contribution in [0.1, 0.15) is 72.4 Å². The quantitative estimate of drug-likeness (QED) is 0.289. The van der Waals surface area contributed by atoms with Gasteiger partial charge < -0.3 is 4.57 Å². The summed E-state index contributed by atoms with van der Waals surface area (Å²) in [4.78, 5) is 0. The lowest BCUT2D eigenvalue weighted by Gasteiger charge is -2.42. The molecule has 0 atom stereocenters. The van der Waals surface area contributed by atoms with E-state index in [1.165, 1.54) is 45.4 Å². The Morgan fingerprint density at radius 1 is 0.724 bits per heavy atom. The van der Waals surface area contributed by atoms with Crippen LogP contribution in [0.2, 0.25) is 0 Å². The molecule has 0 amide bonds. The summed E-state index contributed by atoms with van der Waals surface area (Å²) in [6, 6.07) is 18.4. The van der Waals surface area contributed by atoms with Gasteiger partial charge in [-0.2, -0.15) is 0 Å². The predicted molar refractivity (Wildman–Crippen MR) is 127 cm³/mol. The van der Waals surface area contributed by atoms with Crippen LogP contribution in [-0.4, -0.2) is 4.57 Å². The smallest absolute Gasteiger partial charge is 0.0502 e. The van der Waals surface area contributed by atoms with Crippen LogP contribution in [0.4, 0.5) is 0 Å². The Morgan fingerprint density at radius 2 is 1.34 bits per heavy atom. The van der Waals surface area contributed by atoms with Crippen LogP contribution in [0.25, 0.3) is 32.6 Å². The van der Waals surface area contributed by atoms with Crippen molar-refractivity contribution in [3.63, 3.8) is 0 Å². The van der Waals surface area contributed by atoms with E-state index in [1.807, 2.05) is 0 Å². The summed E-state index contributed by atoms with van der Waals surface area (Å²) in [5.41, 5.74) is 6.29. The minimum atomic E-state index is 0.0189. The Labute approximate surface area is 174 Å². The van der Waals surface area contributed by atoms with Crippen molar-refractivity contribution in [2.24, 2.45) is 0 Å². The highest BCUT2D eigenvalue weighted by Crippen LogP contribution is 2.51. The fourth-order valence-electron chi connectivity index (χ4n) is 5.74. The van der Waals surface area contributed by atoms with E-state index in [9.17, 15) is 0 Å². The minimum absolute atomic E-state index is 0.0189. The van der Waals surface area contributed by atoms with Crippen molar-refractivity contribution in [2.45, 2.75) is 77.7 Å². The van der Waals surface area contributed by atoms with Gasteiger partial charge in [0.05, 0.1) is 5.52 Å². The summed E-state index contributed by atoms with van der Waals surface area (Å²) in [5.74, 6) is 0. The second kappa shape index (κ2) is 5.65. The van der Waals surface area contributed by atoms with Crippen LogP contribution in [-0.2, 0) is 16.4 Å². The van der Waals surface area contributed by atoms with Crippen LogP contribution in [0.5, 0.6) is 0 Å². The molecule has 5 rings (SSSR count). The second-order valence-corrected chi connectivity index (χ2v) is 11.3. The van der Waals surface area contributed by atoms with Crippen LogP contribution < -0.4 is 0 Å². The van der Waals surface area contributed by atoms with Gasteiger partial charge in [-0.05, 0) is 78.5 Å². The van der Waals surface area contributed by atoms with E-state index >= 15 is 0 Å². The molecule has 4 aromatic rings. The van der Waals surface area contributed by atoms with Gasteiger partial charge in [0.15, 0.2) is 0 Å². The van der Waals surface area contributed by atoms with Gasteiger partial charge in [-0.1, -0.05) is 64.1 Å². The standard InChI is InChI=1S/C28H33N/c1-26(2,3)29-21-14-12-18-10-8-9-11-19(18)23(21)24-22(29)15-13-20-25(24)28(6,7)17-16-27(20,4)5/h8-15H,16-17H2,1-7H3. The van der Waals surface area contributed by atoms with E-state index in [4.69, 9.17) is 0 Å². The van der Waals surface area contributed by atoms with Gasteiger partial charge in [0, 0.05) is 21.8 Å². The molecule has 1 aromatic heterocycles. The highest BCUT2D eigenvalue weighted by Gasteiger charge is 2.39. The normalized spacial score (nSPS) is 18.4. The zero-order chi connectivity index (χ0) is 20.8. The molecular formula is C28H33N. The molecule has 3 aromatic carbocycles. The van der Waals surface area contributed by atoms with E-state index in [-0.39, 0.29) is 16.4 Å². The van der Waals surface area contributed by atoms with Crippen molar-refractivity contribution in [3.05, 3.63) is 59.7 Å². The first-order valence-corrected chi connectivity index (χ1v) is 11.0. The Hall–Kier alpha value is -2.28. The largest absolute Gasteiger partial charge is 0.335 e. The third-order valence-electron chi connectivity index (χ3n) is 7.27. The first-order chi connectivity index (χ1) is 13.5. The van der Waals surface area contributed by atoms with Crippen molar-refractivity contribution < 1.29 is 0 Å². The summed E-state index contributed by atoms with van der Waals surface area (Å²) in [6.45, 7) is 16.7. The molecule has 1 heterocycles. The SMILES string of the molecule is CC1(C)CCC(C)(C)c2c1ccc1c2c2c3ccccc3ccc2n1C(C)(C)C. The lowest BCUT2D eigenvalue weighted by atomic mass is 9.62. The Kier molecular flexibility index (Phi) is 3.65. The molecule has 0 fully saturated rings. The van der Waals surface area contributed by atoms with E-state index in [0.29, 0.717) is 0 Å². The number of fused-ring (bicyclic) bond motifs is 7. The zero-order valence-corrected chi connectivity index (χ0v) is 19.0. The van der Waals surface area contributed by atoms with Gasteiger partial charge in [0.2, 0.25) is 0 Å². The minimum Gasteiger partial charge on any atom is -0.335 e. The first kappa shape index (κ1) is 18.7. The molecule has 0 saturated carbocycles. The highest BCUT2D eigenvalue weighted by molar-refractivity contribution is 6.22. The Balaban J connectivity index is 2.12. The number of nitrogens with zero attached hydrogens (tertiary/aromatic N) is 1. The summed E-state index contributed by atoms with van der Waals surface area (Å²) in [7, 11) is 0. The number of hydrogen-bond acceptors (Lipinski definition) is 0. The molecule has 1 nitrogen and oxygen atoms in total. The third kappa shape index (κ3) is 2.52. The molecule has 0 saturated heterocycles. The van der Waals surface area contributed by atoms with Crippen molar-refractivity contribution in [3.8, 4) is 0 Å².